The Kier molecular flexibility index (Phi) is 5.12. The summed E-state index contributed by atoms with van der Waals surface area (Å²) in [5.41, 5.74) is -1.18. The van der Waals surface area contributed by atoms with Crippen LogP contribution in [-0.4, -0.2) is 33.0 Å². The van der Waals surface area contributed by atoms with Crippen molar-refractivity contribution in [2.45, 2.75) is 17.6 Å². The van der Waals surface area contributed by atoms with Crippen LogP contribution >= 0.6 is 0 Å². The second kappa shape index (κ2) is 6.76. The highest BCUT2D eigenvalue weighted by molar-refractivity contribution is 7.90. The van der Waals surface area contributed by atoms with Crippen LogP contribution in [0.15, 0.2) is 41.6 Å². The average Bonchev–Trinajstić information content (AvgIpc) is 2.92. The molecular formula is C15H16F3NO4S. The van der Waals surface area contributed by atoms with Crippen LogP contribution in [0.2, 0.25) is 0 Å². The summed E-state index contributed by atoms with van der Waals surface area (Å²) in [6.45, 7) is 0.103. The molecule has 2 rings (SSSR count). The highest BCUT2D eigenvalue weighted by Crippen LogP contribution is 2.35. The van der Waals surface area contributed by atoms with Crippen molar-refractivity contribution >= 4 is 9.84 Å². The van der Waals surface area contributed by atoms with Crippen molar-refractivity contribution in [1.29, 1.82) is 0 Å². The Morgan fingerprint density at radius 2 is 1.75 bits per heavy atom. The molecule has 0 saturated carbocycles. The number of ether oxygens (including phenoxy) is 2. The second-order valence-corrected chi connectivity index (χ2v) is 7.03. The van der Waals surface area contributed by atoms with Crippen LogP contribution in [0, 0.1) is 0 Å². The first kappa shape index (κ1) is 18.2. The zero-order valence-corrected chi connectivity index (χ0v) is 13.8. The molecule has 0 aliphatic heterocycles. The summed E-state index contributed by atoms with van der Waals surface area (Å²) < 4.78 is 73.6. The number of halogens is 3. The first-order valence-electron chi connectivity index (χ1n) is 6.86. The predicted molar refractivity (Wildman–Crippen MR) is 81.0 cm³/mol. The van der Waals surface area contributed by atoms with Crippen LogP contribution in [0.3, 0.4) is 0 Å². The lowest BCUT2D eigenvalue weighted by Crippen LogP contribution is -2.09. The van der Waals surface area contributed by atoms with Crippen molar-refractivity contribution < 1.29 is 31.1 Å². The number of sulfone groups is 1. The predicted octanol–water partition coefficient (Wildman–Crippen LogP) is 3.00. The molecule has 0 aliphatic carbocycles. The summed E-state index contributed by atoms with van der Waals surface area (Å²) in [4.78, 5) is -0.743. The number of nitrogens with zero attached hydrogens (tertiary/aromatic N) is 1. The number of hydrogen-bond donors (Lipinski definition) is 0. The van der Waals surface area contributed by atoms with Crippen molar-refractivity contribution in [3.8, 4) is 11.5 Å². The SMILES string of the molecule is COc1ccccc1OCCn1cc(C(F)(F)F)c(S(C)(=O)=O)c1. The number of rotatable bonds is 6. The molecule has 1 aromatic carbocycles. The standard InChI is InChI=1S/C15H16F3NO4S/c1-22-12-5-3-4-6-13(12)23-8-7-19-9-11(15(16,17)18)14(10-19)24(2,20)21/h3-6,9-10H,7-8H2,1-2H3. The zero-order chi connectivity index (χ0) is 18.0. The lowest BCUT2D eigenvalue weighted by Gasteiger charge is -2.10. The van der Waals surface area contributed by atoms with Gasteiger partial charge in [-0.25, -0.2) is 8.42 Å². The van der Waals surface area contributed by atoms with E-state index in [1.54, 1.807) is 24.3 Å². The van der Waals surface area contributed by atoms with Crippen molar-refractivity contribution in [3.05, 3.63) is 42.2 Å². The third-order valence-electron chi connectivity index (χ3n) is 3.22. The van der Waals surface area contributed by atoms with Crippen LogP contribution in [0.5, 0.6) is 11.5 Å². The van der Waals surface area contributed by atoms with Crippen molar-refractivity contribution in [3.63, 3.8) is 0 Å². The Morgan fingerprint density at radius 3 is 2.25 bits per heavy atom. The van der Waals surface area contributed by atoms with Gasteiger partial charge in [-0.2, -0.15) is 13.2 Å². The largest absolute Gasteiger partial charge is 0.493 e. The molecule has 1 heterocycles. The van der Waals surface area contributed by atoms with E-state index in [0.29, 0.717) is 11.5 Å². The maximum atomic E-state index is 13.0. The summed E-state index contributed by atoms with van der Waals surface area (Å²) in [7, 11) is -2.51. The van der Waals surface area contributed by atoms with Gasteiger partial charge in [0.25, 0.3) is 0 Å². The molecular weight excluding hydrogens is 347 g/mol. The van der Waals surface area contributed by atoms with Crippen LogP contribution in [-0.2, 0) is 22.6 Å². The molecule has 0 N–H and O–H groups in total. The summed E-state index contributed by atoms with van der Waals surface area (Å²) >= 11 is 0. The fourth-order valence-electron chi connectivity index (χ4n) is 2.12. The normalized spacial score (nSPS) is 12.2. The number of alkyl halides is 3. The Balaban J connectivity index is 2.15. The summed E-state index contributed by atoms with van der Waals surface area (Å²) in [5.74, 6) is 0.948. The maximum Gasteiger partial charge on any atom is 0.419 e. The quantitative estimate of drug-likeness (QED) is 0.792. The smallest absolute Gasteiger partial charge is 0.419 e. The van der Waals surface area contributed by atoms with E-state index in [9.17, 15) is 21.6 Å². The van der Waals surface area contributed by atoms with Crippen LogP contribution < -0.4 is 9.47 Å². The van der Waals surface area contributed by atoms with E-state index in [0.717, 1.165) is 23.2 Å². The molecule has 0 saturated heterocycles. The van der Waals surface area contributed by atoms with Gasteiger partial charge in [-0.3, -0.25) is 0 Å². The molecule has 0 fully saturated rings. The van der Waals surface area contributed by atoms with Crippen LogP contribution in [0.25, 0.3) is 0 Å². The Morgan fingerprint density at radius 1 is 1.12 bits per heavy atom. The fourth-order valence-corrected chi connectivity index (χ4v) is 3.02. The summed E-state index contributed by atoms with van der Waals surface area (Å²) in [6.07, 6.45) is -2.27. The van der Waals surface area contributed by atoms with Gasteiger partial charge in [0.15, 0.2) is 21.3 Å². The molecule has 1 aromatic heterocycles. The van der Waals surface area contributed by atoms with E-state index in [4.69, 9.17) is 9.47 Å². The Hall–Kier alpha value is -2.16. The van der Waals surface area contributed by atoms with Crippen molar-refractivity contribution in [1.82, 2.24) is 4.57 Å². The van der Waals surface area contributed by atoms with Gasteiger partial charge >= 0.3 is 6.18 Å². The number of aromatic nitrogens is 1. The fraction of sp³-hybridized carbons (Fsp3) is 0.333. The molecule has 9 heteroatoms. The molecule has 5 nitrogen and oxygen atoms in total. The van der Waals surface area contributed by atoms with Gasteiger partial charge in [-0.1, -0.05) is 12.1 Å². The van der Waals surface area contributed by atoms with Crippen LogP contribution in [0.4, 0.5) is 13.2 Å². The number of benzene rings is 1. The molecule has 0 radical (unpaired) electrons. The van der Waals surface area contributed by atoms with E-state index in [2.05, 4.69) is 0 Å². The first-order valence-corrected chi connectivity index (χ1v) is 8.75. The third-order valence-corrected chi connectivity index (χ3v) is 4.35. The van der Waals surface area contributed by atoms with Crippen molar-refractivity contribution in [2.24, 2.45) is 0 Å². The summed E-state index contributed by atoms with van der Waals surface area (Å²) in [6, 6.07) is 6.84. The lowest BCUT2D eigenvalue weighted by atomic mass is 10.3. The Bertz CT molecular complexity index is 812. The molecule has 0 amide bonds. The topological polar surface area (TPSA) is 57.5 Å². The highest BCUT2D eigenvalue weighted by Gasteiger charge is 2.37. The molecule has 24 heavy (non-hydrogen) atoms. The van der Waals surface area contributed by atoms with E-state index < -0.39 is 26.5 Å². The van der Waals surface area contributed by atoms with E-state index in [-0.39, 0.29) is 13.2 Å². The minimum atomic E-state index is -4.74. The molecule has 0 atom stereocenters. The summed E-state index contributed by atoms with van der Waals surface area (Å²) in [5, 5.41) is 0. The zero-order valence-electron chi connectivity index (χ0n) is 13.0. The van der Waals surface area contributed by atoms with E-state index in [1.165, 1.54) is 7.11 Å². The molecule has 0 unspecified atom stereocenters. The second-order valence-electron chi connectivity index (χ2n) is 5.04. The van der Waals surface area contributed by atoms with Crippen molar-refractivity contribution in [2.75, 3.05) is 20.0 Å². The van der Waals surface area contributed by atoms with Gasteiger partial charge in [0.05, 0.1) is 24.1 Å². The van der Waals surface area contributed by atoms with Gasteiger partial charge in [0.2, 0.25) is 0 Å². The number of hydrogen-bond acceptors (Lipinski definition) is 4. The maximum absolute atomic E-state index is 13.0. The van der Waals surface area contributed by atoms with Crippen LogP contribution in [0.1, 0.15) is 5.56 Å². The monoisotopic (exact) mass is 363 g/mol. The van der Waals surface area contributed by atoms with Gasteiger partial charge in [-0.15, -0.1) is 0 Å². The Labute approximate surface area is 137 Å². The number of para-hydroxylation sites is 2. The van der Waals surface area contributed by atoms with E-state index >= 15 is 0 Å². The van der Waals surface area contributed by atoms with Gasteiger partial charge in [0, 0.05) is 18.6 Å². The third kappa shape index (κ3) is 4.22. The molecule has 0 aliphatic rings. The van der Waals surface area contributed by atoms with Gasteiger partial charge in [0.1, 0.15) is 6.61 Å². The molecule has 2 aromatic rings. The molecule has 0 spiro atoms. The van der Waals surface area contributed by atoms with Gasteiger partial charge in [-0.05, 0) is 12.1 Å². The van der Waals surface area contributed by atoms with E-state index in [1.807, 2.05) is 0 Å². The minimum absolute atomic E-state index is 0.0511. The minimum Gasteiger partial charge on any atom is -0.493 e. The highest BCUT2D eigenvalue weighted by atomic mass is 32.2. The molecule has 132 valence electrons. The van der Waals surface area contributed by atoms with Gasteiger partial charge < -0.3 is 14.0 Å². The molecule has 0 bridgehead atoms. The number of methoxy groups -OCH3 is 1. The lowest BCUT2D eigenvalue weighted by molar-refractivity contribution is -0.139. The first-order chi connectivity index (χ1) is 11.1. The average molecular weight is 363 g/mol.